The second-order valence-electron chi connectivity index (χ2n) is 7.27. The van der Waals surface area contributed by atoms with Crippen LogP contribution in [0.25, 0.3) is 0 Å². The number of carboxylic acid groups (broad SMARTS) is 1. The summed E-state index contributed by atoms with van der Waals surface area (Å²) in [5.74, 6) is -2.79. The Morgan fingerprint density at radius 2 is 1.79 bits per heavy atom. The fourth-order valence-electron chi connectivity index (χ4n) is 3.03. The van der Waals surface area contributed by atoms with Crippen molar-refractivity contribution in [2.24, 2.45) is 5.73 Å². The summed E-state index contributed by atoms with van der Waals surface area (Å²) in [4.78, 5) is 37.4. The molecule has 0 fully saturated rings. The van der Waals surface area contributed by atoms with Gasteiger partial charge < -0.3 is 21.5 Å². The van der Waals surface area contributed by atoms with E-state index >= 15 is 0 Å². The zero-order valence-electron chi connectivity index (χ0n) is 18.2. The molecular weight excluding hydrogens is 483 g/mol. The number of nitrogens with two attached hydrogens (primary N) is 1. The summed E-state index contributed by atoms with van der Waals surface area (Å²) in [5.41, 5.74) is 9.23. The van der Waals surface area contributed by atoms with Gasteiger partial charge in [-0.05, 0) is 42.7 Å². The zero-order chi connectivity index (χ0) is 25.1. The van der Waals surface area contributed by atoms with Gasteiger partial charge >= 0.3 is 5.97 Å². The molecule has 2 amide bonds. The Morgan fingerprint density at radius 1 is 1.09 bits per heavy atom. The lowest BCUT2D eigenvalue weighted by molar-refractivity contribution is -0.154. The second kappa shape index (κ2) is 13.4. The van der Waals surface area contributed by atoms with Gasteiger partial charge in [-0.15, -0.1) is 0 Å². The standard InChI is InChI=1S/C22H26Cl2N6O4/c23-16-9-8-14(11-17(16)24)13-28-30(18(21(33)34)7-4-10-27-22(25)26)20(32)12-19(31)29-15-5-2-1-3-6-15/h1-3,5-6,8-9,11,18,28H,4,7,10,12-13H2,(H,29,31)(H,33,34)(H4,25,26,27)/t18-/m0/s1. The molecule has 12 heteroatoms. The highest BCUT2D eigenvalue weighted by Crippen LogP contribution is 2.22. The van der Waals surface area contributed by atoms with E-state index in [-0.39, 0.29) is 25.5 Å². The molecule has 0 heterocycles. The summed E-state index contributed by atoms with van der Waals surface area (Å²) in [6.45, 7) is 0.320. The number of hydrogen-bond acceptors (Lipinski definition) is 5. The highest BCUT2D eigenvalue weighted by atomic mass is 35.5. The normalized spacial score (nSPS) is 11.4. The third kappa shape index (κ3) is 8.89. The summed E-state index contributed by atoms with van der Waals surface area (Å²) in [7, 11) is 0. The molecule has 0 aliphatic rings. The molecule has 0 aliphatic heterocycles. The van der Waals surface area contributed by atoms with Crippen LogP contribution in [-0.4, -0.2) is 46.4 Å². The van der Waals surface area contributed by atoms with E-state index in [0.29, 0.717) is 27.7 Å². The van der Waals surface area contributed by atoms with Gasteiger partial charge in [0, 0.05) is 18.8 Å². The van der Waals surface area contributed by atoms with Crippen LogP contribution in [0.5, 0.6) is 0 Å². The molecule has 34 heavy (non-hydrogen) atoms. The number of halogens is 2. The van der Waals surface area contributed by atoms with Gasteiger partial charge in [0.25, 0.3) is 0 Å². The molecule has 2 rings (SSSR count). The van der Waals surface area contributed by atoms with E-state index in [1.807, 2.05) is 0 Å². The third-order valence-corrected chi connectivity index (χ3v) is 5.38. The van der Waals surface area contributed by atoms with Crippen molar-refractivity contribution < 1.29 is 19.5 Å². The number of rotatable bonds is 12. The Labute approximate surface area is 206 Å². The van der Waals surface area contributed by atoms with Crippen molar-refractivity contribution in [3.05, 3.63) is 64.1 Å². The van der Waals surface area contributed by atoms with Crippen LogP contribution >= 0.6 is 23.2 Å². The fourth-order valence-corrected chi connectivity index (χ4v) is 3.35. The number of hydrogen-bond donors (Lipinski definition) is 6. The van der Waals surface area contributed by atoms with E-state index < -0.39 is 30.2 Å². The molecular formula is C22H26Cl2N6O4. The lowest BCUT2D eigenvalue weighted by Crippen LogP contribution is -2.53. The highest BCUT2D eigenvalue weighted by molar-refractivity contribution is 6.42. The minimum absolute atomic E-state index is 0.0516. The Balaban J connectivity index is 2.14. The van der Waals surface area contributed by atoms with Crippen molar-refractivity contribution in [1.82, 2.24) is 15.8 Å². The van der Waals surface area contributed by atoms with Crippen molar-refractivity contribution in [3.63, 3.8) is 0 Å². The number of nitrogens with one attached hydrogen (secondary N) is 4. The quantitative estimate of drug-likeness (QED) is 0.0843. The first-order valence-corrected chi connectivity index (χ1v) is 11.1. The summed E-state index contributed by atoms with van der Waals surface area (Å²) in [6.07, 6.45) is -0.209. The third-order valence-electron chi connectivity index (χ3n) is 4.64. The first-order chi connectivity index (χ1) is 16.2. The SMILES string of the molecule is N=C(N)NCCC[C@@H](C(=O)O)N(NCc1ccc(Cl)c(Cl)c1)C(=O)CC(=O)Nc1ccccc1. The van der Waals surface area contributed by atoms with Gasteiger partial charge in [0.2, 0.25) is 11.8 Å². The summed E-state index contributed by atoms with van der Waals surface area (Å²) < 4.78 is 0. The van der Waals surface area contributed by atoms with Gasteiger partial charge in [0.05, 0.1) is 10.0 Å². The van der Waals surface area contributed by atoms with Crippen molar-refractivity contribution in [2.45, 2.75) is 31.8 Å². The maximum Gasteiger partial charge on any atom is 0.328 e. The molecule has 2 aromatic carbocycles. The largest absolute Gasteiger partial charge is 0.480 e. The van der Waals surface area contributed by atoms with Crippen LogP contribution < -0.4 is 21.8 Å². The van der Waals surface area contributed by atoms with Crippen molar-refractivity contribution in [2.75, 3.05) is 11.9 Å². The van der Waals surface area contributed by atoms with Gasteiger partial charge in [-0.1, -0.05) is 47.5 Å². The Kier molecular flexibility index (Phi) is 10.6. The van der Waals surface area contributed by atoms with Crippen LogP contribution in [0, 0.1) is 5.41 Å². The predicted molar refractivity (Wildman–Crippen MR) is 130 cm³/mol. The molecule has 0 spiro atoms. The smallest absolute Gasteiger partial charge is 0.328 e. The summed E-state index contributed by atoms with van der Waals surface area (Å²) in [5, 5.41) is 23.8. The average Bonchev–Trinajstić information content (AvgIpc) is 2.77. The van der Waals surface area contributed by atoms with Gasteiger partial charge in [-0.3, -0.25) is 20.0 Å². The maximum absolute atomic E-state index is 13.0. The van der Waals surface area contributed by atoms with E-state index in [9.17, 15) is 19.5 Å². The number of guanidine groups is 1. The monoisotopic (exact) mass is 508 g/mol. The van der Waals surface area contributed by atoms with Crippen LogP contribution in [0.2, 0.25) is 10.0 Å². The molecule has 0 unspecified atom stereocenters. The molecule has 0 aliphatic carbocycles. The van der Waals surface area contributed by atoms with E-state index in [2.05, 4.69) is 16.1 Å². The molecule has 182 valence electrons. The molecule has 2 aromatic rings. The molecule has 7 N–H and O–H groups in total. The number of carboxylic acids is 1. The molecule has 1 atom stereocenters. The fraction of sp³-hybridized carbons (Fsp3) is 0.273. The minimum atomic E-state index is -1.27. The number of para-hydroxylation sites is 1. The Hall–Kier alpha value is -3.34. The molecule has 10 nitrogen and oxygen atoms in total. The van der Waals surface area contributed by atoms with Crippen molar-refractivity contribution >= 4 is 52.6 Å². The lowest BCUT2D eigenvalue weighted by atomic mass is 10.1. The van der Waals surface area contributed by atoms with Crippen LogP contribution in [-0.2, 0) is 20.9 Å². The van der Waals surface area contributed by atoms with Gasteiger partial charge in [-0.25, -0.2) is 10.2 Å². The number of carbonyl (C=O) groups is 3. The van der Waals surface area contributed by atoms with E-state index in [1.165, 1.54) is 0 Å². The highest BCUT2D eigenvalue weighted by Gasteiger charge is 2.30. The van der Waals surface area contributed by atoms with Crippen LogP contribution in [0.4, 0.5) is 5.69 Å². The van der Waals surface area contributed by atoms with E-state index in [4.69, 9.17) is 34.3 Å². The number of benzene rings is 2. The van der Waals surface area contributed by atoms with Crippen LogP contribution in [0.1, 0.15) is 24.8 Å². The number of anilines is 1. The molecule has 0 saturated carbocycles. The molecule has 0 aromatic heterocycles. The Morgan fingerprint density at radius 3 is 2.41 bits per heavy atom. The number of amides is 2. The lowest BCUT2D eigenvalue weighted by Gasteiger charge is -2.29. The maximum atomic E-state index is 13.0. The van der Waals surface area contributed by atoms with Crippen molar-refractivity contribution in [3.8, 4) is 0 Å². The Bertz CT molecular complexity index is 1020. The first kappa shape index (κ1) is 26.9. The zero-order valence-corrected chi connectivity index (χ0v) is 19.7. The van der Waals surface area contributed by atoms with Gasteiger partial charge in [0.15, 0.2) is 5.96 Å². The number of nitrogens with zero attached hydrogens (tertiary/aromatic N) is 1. The second-order valence-corrected chi connectivity index (χ2v) is 8.09. The number of carbonyl (C=O) groups excluding carboxylic acids is 2. The molecule has 0 bridgehead atoms. The van der Waals surface area contributed by atoms with E-state index in [1.54, 1.807) is 48.5 Å². The molecule has 0 saturated heterocycles. The summed E-state index contributed by atoms with van der Waals surface area (Å²) >= 11 is 12.0. The van der Waals surface area contributed by atoms with Crippen LogP contribution in [0.3, 0.4) is 0 Å². The average molecular weight is 509 g/mol. The predicted octanol–water partition coefficient (Wildman–Crippen LogP) is 2.57. The minimum Gasteiger partial charge on any atom is -0.480 e. The molecule has 0 radical (unpaired) electrons. The van der Waals surface area contributed by atoms with E-state index in [0.717, 1.165) is 5.01 Å². The van der Waals surface area contributed by atoms with Gasteiger partial charge in [0.1, 0.15) is 12.5 Å². The van der Waals surface area contributed by atoms with Crippen LogP contribution in [0.15, 0.2) is 48.5 Å². The number of aliphatic carboxylic acids is 1. The van der Waals surface area contributed by atoms with Crippen molar-refractivity contribution in [1.29, 1.82) is 5.41 Å². The first-order valence-electron chi connectivity index (χ1n) is 10.3. The topological polar surface area (TPSA) is 161 Å². The summed E-state index contributed by atoms with van der Waals surface area (Å²) in [6, 6.07) is 12.2. The van der Waals surface area contributed by atoms with Gasteiger partial charge in [-0.2, -0.15) is 0 Å². The number of hydrazine groups is 1.